The van der Waals surface area contributed by atoms with E-state index in [0.29, 0.717) is 0 Å². The molecule has 0 saturated carbocycles. The summed E-state index contributed by atoms with van der Waals surface area (Å²) in [7, 11) is -4.17. The van der Waals surface area contributed by atoms with Crippen molar-refractivity contribution >= 4 is 21.7 Å². The quantitative estimate of drug-likeness (QED) is 0.169. The second kappa shape index (κ2) is 16.0. The van der Waals surface area contributed by atoms with Crippen LogP contribution in [0, 0.1) is 6.92 Å². The van der Waals surface area contributed by atoms with Crippen LogP contribution in [0.1, 0.15) is 34.7 Å². The number of aryl methyl sites for hydroxylation is 1. The van der Waals surface area contributed by atoms with Gasteiger partial charge < -0.3 is 9.47 Å². The van der Waals surface area contributed by atoms with E-state index in [1.807, 2.05) is 55.5 Å². The van der Waals surface area contributed by atoms with E-state index in [-0.39, 0.29) is 0 Å². The van der Waals surface area contributed by atoms with Gasteiger partial charge in [0.25, 0.3) is 0 Å². The first kappa shape index (κ1) is 33.7. The number of ether oxygens (including phenoxy) is 2. The molecule has 0 bridgehead atoms. The first-order valence-electron chi connectivity index (χ1n) is 12.5. The molecule has 0 aromatic heterocycles. The highest BCUT2D eigenvalue weighted by Crippen LogP contribution is 2.21. The predicted octanol–water partition coefficient (Wildman–Crippen LogP) is 8.32. The van der Waals surface area contributed by atoms with Gasteiger partial charge in [-0.15, -0.1) is 0 Å². The summed E-state index contributed by atoms with van der Waals surface area (Å²) in [6.45, 7) is 4.83. The monoisotopic (exact) mass is 608 g/mol. The largest absolute Gasteiger partial charge is 0.522 e. The number of halogens is 4. The standard InChI is InChI=1S/C16H18O.C14H13ClO.CHF3O3S/c1-3-17-16-10-8-15(9-11-16)12-14-6-4-13(2)5-7-14;1-16-14-8-4-12(5-9-14)10-11-2-6-13(15)7-3-11;2-1(3,4)8(5,6)7/h4-11H,3,12H2,1-2H3;2-9H,10H2,1H3;(H,5,6,7). The number of hydrogen-bond donors (Lipinski definition) is 1. The van der Waals surface area contributed by atoms with Crippen molar-refractivity contribution in [3.05, 3.63) is 130 Å². The van der Waals surface area contributed by atoms with E-state index in [4.69, 9.17) is 34.0 Å². The Balaban J connectivity index is 0.000000230. The second-order valence-electron chi connectivity index (χ2n) is 8.81. The van der Waals surface area contributed by atoms with Crippen molar-refractivity contribution in [2.75, 3.05) is 13.7 Å². The van der Waals surface area contributed by atoms with Crippen molar-refractivity contribution in [1.82, 2.24) is 0 Å². The number of hydrogen-bond acceptors (Lipinski definition) is 4. The lowest BCUT2D eigenvalue weighted by molar-refractivity contribution is -0.0510. The summed E-state index contributed by atoms with van der Waals surface area (Å²) >= 11 is 5.84. The van der Waals surface area contributed by atoms with Gasteiger partial charge >= 0.3 is 15.6 Å². The molecular weight excluding hydrogens is 577 g/mol. The molecule has 10 heteroatoms. The summed E-state index contributed by atoms with van der Waals surface area (Å²) in [6.07, 6.45) is 1.90. The lowest BCUT2D eigenvalue weighted by atomic mass is 10.0. The van der Waals surface area contributed by atoms with Crippen LogP contribution in [0.25, 0.3) is 0 Å². The summed E-state index contributed by atoms with van der Waals surface area (Å²) in [5.74, 6) is 1.83. The van der Waals surface area contributed by atoms with E-state index in [1.54, 1.807) is 7.11 Å². The number of rotatable bonds is 7. The van der Waals surface area contributed by atoms with Gasteiger partial charge in [0.1, 0.15) is 11.5 Å². The zero-order valence-corrected chi connectivity index (χ0v) is 24.4. The Morgan fingerprint density at radius 3 is 1.39 bits per heavy atom. The van der Waals surface area contributed by atoms with Crippen LogP contribution in [0.5, 0.6) is 11.5 Å². The predicted molar refractivity (Wildman–Crippen MR) is 156 cm³/mol. The second-order valence-corrected chi connectivity index (χ2v) is 10.7. The van der Waals surface area contributed by atoms with Crippen LogP contribution in [0.15, 0.2) is 97.1 Å². The molecule has 0 saturated heterocycles. The molecule has 0 amide bonds. The molecule has 41 heavy (non-hydrogen) atoms. The fraction of sp³-hybridized carbons (Fsp3) is 0.226. The van der Waals surface area contributed by atoms with Crippen molar-refractivity contribution in [2.45, 2.75) is 32.2 Å². The number of methoxy groups -OCH3 is 1. The molecule has 0 aliphatic heterocycles. The first-order chi connectivity index (χ1) is 19.3. The molecule has 0 aliphatic rings. The molecule has 0 atom stereocenters. The van der Waals surface area contributed by atoms with Crippen molar-refractivity contribution in [3.63, 3.8) is 0 Å². The molecule has 0 radical (unpaired) electrons. The first-order valence-corrected chi connectivity index (χ1v) is 14.3. The molecule has 4 aromatic carbocycles. The van der Waals surface area contributed by atoms with Crippen LogP contribution < -0.4 is 9.47 Å². The fourth-order valence-electron chi connectivity index (χ4n) is 3.39. The van der Waals surface area contributed by atoms with E-state index in [0.717, 1.165) is 36.0 Å². The van der Waals surface area contributed by atoms with Crippen LogP contribution in [0.3, 0.4) is 0 Å². The minimum Gasteiger partial charge on any atom is -0.497 e. The third kappa shape index (κ3) is 12.7. The molecule has 0 aliphatic carbocycles. The van der Waals surface area contributed by atoms with Crippen molar-refractivity contribution in [2.24, 2.45) is 0 Å². The Labute approximate surface area is 244 Å². The summed E-state index contributed by atoms with van der Waals surface area (Å²) in [5.41, 5.74) is 0.961. The molecule has 4 aromatic rings. The van der Waals surface area contributed by atoms with Crippen LogP contribution in [-0.4, -0.2) is 32.2 Å². The Hall–Kier alpha value is -3.53. The SMILES string of the molecule is CCOc1ccc(Cc2ccc(C)cc2)cc1.COc1ccc(Cc2ccc(Cl)cc2)cc1.O=S(=O)(O)C(F)(F)F. The molecular formula is C31H32ClF3O5S. The molecule has 1 N–H and O–H groups in total. The highest BCUT2D eigenvalue weighted by molar-refractivity contribution is 7.86. The maximum absolute atomic E-state index is 10.7. The molecule has 0 heterocycles. The third-order valence-electron chi connectivity index (χ3n) is 5.54. The lowest BCUT2D eigenvalue weighted by Gasteiger charge is -2.05. The Morgan fingerprint density at radius 1 is 0.707 bits per heavy atom. The lowest BCUT2D eigenvalue weighted by Crippen LogP contribution is -2.21. The van der Waals surface area contributed by atoms with Gasteiger partial charge in [-0.05, 0) is 85.3 Å². The maximum atomic E-state index is 10.7. The molecule has 5 nitrogen and oxygen atoms in total. The molecule has 0 unspecified atom stereocenters. The zero-order chi connectivity index (χ0) is 30.5. The normalized spacial score (nSPS) is 10.9. The van der Waals surface area contributed by atoms with E-state index in [9.17, 15) is 13.2 Å². The zero-order valence-electron chi connectivity index (χ0n) is 22.9. The summed E-state index contributed by atoms with van der Waals surface area (Å²) < 4.78 is 68.1. The summed E-state index contributed by atoms with van der Waals surface area (Å²) in [4.78, 5) is 0. The summed E-state index contributed by atoms with van der Waals surface area (Å²) in [6, 6.07) is 33.1. The molecule has 220 valence electrons. The van der Waals surface area contributed by atoms with Gasteiger partial charge in [0.2, 0.25) is 0 Å². The Kier molecular flexibility index (Phi) is 13.2. The van der Waals surface area contributed by atoms with Gasteiger partial charge in [0.05, 0.1) is 13.7 Å². The number of alkyl halides is 3. The molecule has 0 fully saturated rings. The van der Waals surface area contributed by atoms with Crippen LogP contribution >= 0.6 is 11.6 Å². The van der Waals surface area contributed by atoms with E-state index in [1.165, 1.54) is 27.8 Å². The minimum absolute atomic E-state index is 0.720. The van der Waals surface area contributed by atoms with Crippen molar-refractivity contribution in [1.29, 1.82) is 0 Å². The van der Waals surface area contributed by atoms with Crippen LogP contribution in [-0.2, 0) is 23.0 Å². The third-order valence-corrected chi connectivity index (χ3v) is 6.37. The minimum atomic E-state index is -5.84. The highest BCUT2D eigenvalue weighted by atomic mass is 35.5. The molecule has 4 rings (SSSR count). The van der Waals surface area contributed by atoms with Gasteiger partial charge in [-0.3, -0.25) is 4.55 Å². The van der Waals surface area contributed by atoms with Gasteiger partial charge in [-0.2, -0.15) is 21.6 Å². The van der Waals surface area contributed by atoms with E-state index < -0.39 is 15.6 Å². The van der Waals surface area contributed by atoms with E-state index in [2.05, 4.69) is 55.5 Å². The van der Waals surface area contributed by atoms with Crippen LogP contribution in [0.2, 0.25) is 5.02 Å². The summed E-state index contributed by atoms with van der Waals surface area (Å²) in [5, 5.41) is 0.776. The van der Waals surface area contributed by atoms with Gasteiger partial charge in [0, 0.05) is 5.02 Å². The number of benzene rings is 4. The van der Waals surface area contributed by atoms with E-state index >= 15 is 0 Å². The van der Waals surface area contributed by atoms with Crippen molar-refractivity contribution < 1.29 is 35.6 Å². The van der Waals surface area contributed by atoms with Gasteiger partial charge in [-0.25, -0.2) is 0 Å². The van der Waals surface area contributed by atoms with Gasteiger partial charge in [-0.1, -0.05) is 77.8 Å². The topological polar surface area (TPSA) is 72.8 Å². The van der Waals surface area contributed by atoms with Crippen molar-refractivity contribution in [3.8, 4) is 11.5 Å². The Morgan fingerprint density at radius 2 is 1.05 bits per heavy atom. The Bertz CT molecular complexity index is 1420. The highest BCUT2D eigenvalue weighted by Gasteiger charge is 2.44. The van der Waals surface area contributed by atoms with Gasteiger partial charge in [0.15, 0.2) is 0 Å². The molecule has 0 spiro atoms. The smallest absolute Gasteiger partial charge is 0.497 e. The van der Waals surface area contributed by atoms with Crippen LogP contribution in [0.4, 0.5) is 13.2 Å². The fourth-order valence-corrected chi connectivity index (χ4v) is 3.52. The average molecular weight is 609 g/mol. The maximum Gasteiger partial charge on any atom is 0.522 e. The average Bonchev–Trinajstić information content (AvgIpc) is 2.93.